The molecule has 112 valence electrons. The van der Waals surface area contributed by atoms with Crippen LogP contribution in [0.3, 0.4) is 0 Å². The number of nitrogens with two attached hydrogens (primary N) is 1. The fourth-order valence-electron chi connectivity index (χ4n) is 1.45. The third-order valence-electron chi connectivity index (χ3n) is 2.99. The average Bonchev–Trinajstić information content (AvgIpc) is 2.44. The number of hydrogen-bond acceptors (Lipinski definition) is 4. The topological polar surface area (TPSA) is 80.5 Å². The Morgan fingerprint density at radius 1 is 1.30 bits per heavy atom. The first-order chi connectivity index (χ1) is 9.21. The Kier molecular flexibility index (Phi) is 5.18. The van der Waals surface area contributed by atoms with Gasteiger partial charge in [0.15, 0.2) is 0 Å². The molecule has 1 unspecified atom stereocenters. The number of carbonyl (C=O) groups is 1. The molecule has 1 aromatic rings. The van der Waals surface area contributed by atoms with E-state index in [-0.39, 0.29) is 24.1 Å². The van der Waals surface area contributed by atoms with Crippen molar-refractivity contribution in [3.8, 4) is 0 Å². The van der Waals surface area contributed by atoms with Gasteiger partial charge in [-0.2, -0.15) is 8.78 Å². The second kappa shape index (κ2) is 6.27. The van der Waals surface area contributed by atoms with E-state index >= 15 is 0 Å². The molecular weight excluding hydrogens is 290 g/mol. The molecule has 0 bridgehead atoms. The van der Waals surface area contributed by atoms with Crippen LogP contribution in [0.25, 0.3) is 0 Å². The lowest BCUT2D eigenvalue weighted by molar-refractivity contribution is 0.0748. The molecule has 1 aromatic carbocycles. The molecule has 1 rings (SSSR count). The molecule has 20 heavy (non-hydrogen) atoms. The second-order valence-corrected chi connectivity index (χ2v) is 6.25. The van der Waals surface area contributed by atoms with E-state index in [2.05, 4.69) is 0 Å². The summed E-state index contributed by atoms with van der Waals surface area (Å²) in [5, 5.41) is 0. The highest BCUT2D eigenvalue weighted by atomic mass is 32.2. The summed E-state index contributed by atoms with van der Waals surface area (Å²) in [6.45, 7) is 2.04. The van der Waals surface area contributed by atoms with Crippen LogP contribution in [-0.2, 0) is 9.84 Å². The molecule has 5 nitrogen and oxygen atoms in total. The average molecular weight is 306 g/mol. The van der Waals surface area contributed by atoms with Gasteiger partial charge in [0, 0.05) is 25.2 Å². The summed E-state index contributed by atoms with van der Waals surface area (Å²) in [5.41, 5.74) is 5.66. The number of nitrogens with zero attached hydrogens (tertiary/aromatic N) is 1. The van der Waals surface area contributed by atoms with Gasteiger partial charge in [-0.15, -0.1) is 0 Å². The molecule has 0 radical (unpaired) electrons. The lowest BCUT2D eigenvalue weighted by Gasteiger charge is -2.23. The zero-order valence-electron chi connectivity index (χ0n) is 11.1. The highest BCUT2D eigenvalue weighted by molar-refractivity contribution is 7.91. The lowest BCUT2D eigenvalue weighted by atomic mass is 10.2. The highest BCUT2D eigenvalue weighted by Gasteiger charge is 2.26. The molecule has 0 heterocycles. The summed E-state index contributed by atoms with van der Waals surface area (Å²) in [6.07, 6.45) is 0. The molecule has 0 aliphatic heterocycles. The van der Waals surface area contributed by atoms with Crippen LogP contribution >= 0.6 is 0 Å². The predicted octanol–water partition coefficient (Wildman–Crippen LogP) is 1.10. The first-order valence-electron chi connectivity index (χ1n) is 5.81. The van der Waals surface area contributed by atoms with E-state index in [0.717, 1.165) is 12.1 Å². The van der Waals surface area contributed by atoms with Crippen molar-refractivity contribution < 1.29 is 22.0 Å². The fraction of sp³-hybridized carbons (Fsp3) is 0.417. The maximum Gasteiger partial charge on any atom is 0.341 e. The zero-order valence-corrected chi connectivity index (χ0v) is 11.9. The minimum Gasteiger partial charge on any atom is -0.338 e. The summed E-state index contributed by atoms with van der Waals surface area (Å²) >= 11 is 0. The van der Waals surface area contributed by atoms with E-state index in [4.69, 9.17) is 5.73 Å². The number of likely N-dealkylation sites (N-methyl/N-ethyl adjacent to an activating group) is 1. The SMILES string of the molecule is CC(CN)N(C)C(=O)c1ccc(S(=O)(=O)C(F)F)cc1. The largest absolute Gasteiger partial charge is 0.341 e. The van der Waals surface area contributed by atoms with Gasteiger partial charge in [0.1, 0.15) is 0 Å². The van der Waals surface area contributed by atoms with Crippen LogP contribution < -0.4 is 5.73 Å². The number of alkyl halides is 2. The van der Waals surface area contributed by atoms with Crippen molar-refractivity contribution in [2.45, 2.75) is 23.6 Å². The maximum absolute atomic E-state index is 12.4. The Morgan fingerprint density at radius 2 is 1.80 bits per heavy atom. The van der Waals surface area contributed by atoms with Gasteiger partial charge in [-0.1, -0.05) is 0 Å². The van der Waals surface area contributed by atoms with Crippen molar-refractivity contribution in [1.29, 1.82) is 0 Å². The van der Waals surface area contributed by atoms with E-state index in [1.54, 1.807) is 14.0 Å². The Bertz CT molecular complexity index is 573. The van der Waals surface area contributed by atoms with Crippen LogP contribution in [0.5, 0.6) is 0 Å². The van der Waals surface area contributed by atoms with Gasteiger partial charge in [0.25, 0.3) is 5.91 Å². The number of rotatable bonds is 5. The number of carbonyl (C=O) groups excluding carboxylic acids is 1. The molecule has 0 aliphatic carbocycles. The summed E-state index contributed by atoms with van der Waals surface area (Å²) in [5.74, 6) is -3.84. The standard InChI is InChI=1S/C12H16F2N2O3S/c1-8(7-15)16(2)11(17)9-3-5-10(6-4-9)20(18,19)12(13)14/h3-6,8,12H,7,15H2,1-2H3. The van der Waals surface area contributed by atoms with E-state index in [0.29, 0.717) is 0 Å². The smallest absolute Gasteiger partial charge is 0.338 e. The van der Waals surface area contributed by atoms with Crippen LogP contribution in [0.1, 0.15) is 17.3 Å². The Labute approximate surface area is 116 Å². The minimum absolute atomic E-state index is 0.188. The normalized spacial score (nSPS) is 13.3. The third kappa shape index (κ3) is 3.31. The Morgan fingerprint density at radius 3 is 2.20 bits per heavy atom. The first-order valence-corrected chi connectivity index (χ1v) is 7.35. The minimum atomic E-state index is -4.64. The Balaban J connectivity index is 3.01. The molecule has 2 N–H and O–H groups in total. The first kappa shape index (κ1) is 16.5. The highest BCUT2D eigenvalue weighted by Crippen LogP contribution is 2.19. The van der Waals surface area contributed by atoms with E-state index in [1.807, 2.05) is 0 Å². The number of hydrogen-bond donors (Lipinski definition) is 1. The van der Waals surface area contributed by atoms with Crippen LogP contribution in [-0.4, -0.2) is 44.6 Å². The quantitative estimate of drug-likeness (QED) is 0.883. The van der Waals surface area contributed by atoms with Crippen molar-refractivity contribution >= 4 is 15.7 Å². The van der Waals surface area contributed by atoms with Crippen LogP contribution in [0, 0.1) is 0 Å². The van der Waals surface area contributed by atoms with Gasteiger partial charge in [0.05, 0.1) is 4.90 Å². The molecule has 1 atom stereocenters. The van der Waals surface area contributed by atoms with Gasteiger partial charge < -0.3 is 10.6 Å². The van der Waals surface area contributed by atoms with Crippen LogP contribution in [0.2, 0.25) is 0 Å². The summed E-state index contributed by atoms with van der Waals surface area (Å²) < 4.78 is 47.2. The molecule has 8 heteroatoms. The van der Waals surface area contributed by atoms with E-state index < -0.39 is 20.5 Å². The second-order valence-electron chi connectivity index (χ2n) is 4.33. The van der Waals surface area contributed by atoms with Gasteiger partial charge in [0.2, 0.25) is 9.84 Å². The molecule has 0 saturated heterocycles. The van der Waals surface area contributed by atoms with Gasteiger partial charge in [-0.25, -0.2) is 8.42 Å². The predicted molar refractivity (Wildman–Crippen MR) is 70.2 cm³/mol. The fourth-order valence-corrected chi connectivity index (χ4v) is 2.17. The number of halogens is 2. The third-order valence-corrected chi connectivity index (χ3v) is 4.39. The zero-order chi connectivity index (χ0) is 15.5. The van der Waals surface area contributed by atoms with Crippen LogP contribution in [0.15, 0.2) is 29.2 Å². The monoisotopic (exact) mass is 306 g/mol. The molecule has 1 amide bonds. The lowest BCUT2D eigenvalue weighted by Crippen LogP contribution is -2.39. The molecule has 0 aromatic heterocycles. The molecule has 0 saturated carbocycles. The van der Waals surface area contributed by atoms with Crippen molar-refractivity contribution in [3.63, 3.8) is 0 Å². The number of amides is 1. The van der Waals surface area contributed by atoms with Crippen molar-refractivity contribution in [2.75, 3.05) is 13.6 Å². The van der Waals surface area contributed by atoms with Crippen LogP contribution in [0.4, 0.5) is 8.78 Å². The Hall–Kier alpha value is -1.54. The summed E-state index contributed by atoms with van der Waals surface area (Å²) in [6, 6.07) is 4.21. The molecule has 0 fully saturated rings. The van der Waals surface area contributed by atoms with E-state index in [1.165, 1.54) is 17.0 Å². The molecule has 0 aliphatic rings. The van der Waals surface area contributed by atoms with Crippen molar-refractivity contribution in [3.05, 3.63) is 29.8 Å². The molecule has 0 spiro atoms. The van der Waals surface area contributed by atoms with Gasteiger partial charge in [-0.3, -0.25) is 4.79 Å². The van der Waals surface area contributed by atoms with Gasteiger partial charge in [-0.05, 0) is 31.2 Å². The van der Waals surface area contributed by atoms with Gasteiger partial charge >= 0.3 is 5.76 Å². The van der Waals surface area contributed by atoms with Crippen molar-refractivity contribution in [2.24, 2.45) is 5.73 Å². The maximum atomic E-state index is 12.4. The van der Waals surface area contributed by atoms with E-state index in [9.17, 15) is 22.0 Å². The number of benzene rings is 1. The number of sulfone groups is 1. The summed E-state index contributed by atoms with van der Waals surface area (Å²) in [7, 11) is -3.08. The molecular formula is C12H16F2N2O3S. The van der Waals surface area contributed by atoms with Crippen molar-refractivity contribution in [1.82, 2.24) is 4.90 Å². The summed E-state index contributed by atoms with van der Waals surface area (Å²) in [4.78, 5) is 12.9.